The van der Waals surface area contributed by atoms with Crippen LogP contribution in [0.5, 0.6) is 0 Å². The number of carboxylic acids is 1. The largest absolute Gasteiger partial charge is 0.478 e. The summed E-state index contributed by atoms with van der Waals surface area (Å²) in [5.74, 6) is -0.847. The number of piperidine rings is 1. The van der Waals surface area contributed by atoms with Gasteiger partial charge in [0.25, 0.3) is 5.91 Å². The molecule has 1 N–H and O–H groups in total. The number of carbonyl (C=O) groups is 2. The highest BCUT2D eigenvalue weighted by Crippen LogP contribution is 2.21. The van der Waals surface area contributed by atoms with Crippen LogP contribution in [0.2, 0.25) is 0 Å². The van der Waals surface area contributed by atoms with Crippen LogP contribution in [0.25, 0.3) is 0 Å². The molecule has 2 heterocycles. The molecule has 1 fully saturated rings. The second-order valence-corrected chi connectivity index (χ2v) is 4.65. The van der Waals surface area contributed by atoms with Crippen molar-refractivity contribution in [2.75, 3.05) is 13.1 Å². The van der Waals surface area contributed by atoms with Gasteiger partial charge in [-0.3, -0.25) is 4.79 Å². The van der Waals surface area contributed by atoms with E-state index in [1.165, 1.54) is 6.07 Å². The van der Waals surface area contributed by atoms with Gasteiger partial charge in [-0.15, -0.1) is 0 Å². The van der Waals surface area contributed by atoms with Crippen LogP contribution in [0.3, 0.4) is 0 Å². The maximum Gasteiger partial charge on any atom is 0.339 e. The number of nitrogens with zero attached hydrogens (tertiary/aromatic N) is 1. The van der Waals surface area contributed by atoms with Gasteiger partial charge in [0.1, 0.15) is 11.3 Å². The number of aryl methyl sites for hydroxylation is 1. The van der Waals surface area contributed by atoms with Crippen molar-refractivity contribution >= 4 is 11.9 Å². The summed E-state index contributed by atoms with van der Waals surface area (Å²) in [6.45, 7) is 6.92. The summed E-state index contributed by atoms with van der Waals surface area (Å²) in [7, 11) is 0. The third-order valence-electron chi connectivity index (χ3n) is 3.33. The molecular formula is C14H17NO4. The van der Waals surface area contributed by atoms with Gasteiger partial charge in [-0.05, 0) is 12.8 Å². The molecule has 19 heavy (non-hydrogen) atoms. The molecule has 0 aromatic carbocycles. The van der Waals surface area contributed by atoms with Crippen LogP contribution in [0.15, 0.2) is 22.6 Å². The van der Waals surface area contributed by atoms with E-state index in [4.69, 9.17) is 9.52 Å². The molecule has 0 radical (unpaired) electrons. The second kappa shape index (κ2) is 5.30. The number of likely N-dealkylation sites (tertiary alicyclic amines) is 1. The van der Waals surface area contributed by atoms with Crippen LogP contribution < -0.4 is 0 Å². The highest BCUT2D eigenvalue weighted by Gasteiger charge is 2.25. The van der Waals surface area contributed by atoms with Gasteiger partial charge in [0.15, 0.2) is 5.76 Å². The Labute approximate surface area is 111 Å². The Morgan fingerprint density at radius 3 is 2.53 bits per heavy atom. The SMILES string of the molecule is C=C1CCN(C(=O)c2cc(C(=O)O)c(CC)o2)CC1. The predicted octanol–water partition coefficient (Wildman–Crippen LogP) is 2.33. The summed E-state index contributed by atoms with van der Waals surface area (Å²) in [6, 6.07) is 1.33. The van der Waals surface area contributed by atoms with Crippen molar-refractivity contribution in [3.05, 3.63) is 35.3 Å². The lowest BCUT2D eigenvalue weighted by atomic mass is 10.1. The summed E-state index contributed by atoms with van der Waals surface area (Å²) < 4.78 is 5.37. The Hall–Kier alpha value is -2.04. The van der Waals surface area contributed by atoms with Gasteiger partial charge in [0.2, 0.25) is 0 Å². The molecule has 0 aliphatic carbocycles. The Morgan fingerprint density at radius 2 is 2.05 bits per heavy atom. The maximum atomic E-state index is 12.2. The summed E-state index contributed by atoms with van der Waals surface area (Å²) in [4.78, 5) is 24.9. The van der Waals surface area contributed by atoms with E-state index in [-0.39, 0.29) is 17.2 Å². The Kier molecular flexibility index (Phi) is 3.74. The molecule has 1 aromatic rings. The summed E-state index contributed by atoms with van der Waals surface area (Å²) >= 11 is 0. The first-order valence-corrected chi connectivity index (χ1v) is 6.34. The first-order valence-electron chi connectivity index (χ1n) is 6.34. The molecule has 2 rings (SSSR count). The summed E-state index contributed by atoms with van der Waals surface area (Å²) in [5, 5.41) is 9.04. The Morgan fingerprint density at radius 1 is 1.42 bits per heavy atom. The number of carboxylic acid groups (broad SMARTS) is 1. The maximum absolute atomic E-state index is 12.2. The monoisotopic (exact) mass is 263 g/mol. The molecule has 1 aromatic heterocycles. The molecule has 1 saturated heterocycles. The van der Waals surface area contributed by atoms with Crippen LogP contribution in [0, 0.1) is 0 Å². The zero-order valence-corrected chi connectivity index (χ0v) is 10.9. The summed E-state index contributed by atoms with van der Waals surface area (Å²) in [5.41, 5.74) is 1.22. The quantitative estimate of drug-likeness (QED) is 0.850. The molecule has 5 nitrogen and oxygen atoms in total. The van der Waals surface area contributed by atoms with Crippen molar-refractivity contribution in [1.82, 2.24) is 4.90 Å². The predicted molar refractivity (Wildman–Crippen MR) is 69.3 cm³/mol. The van der Waals surface area contributed by atoms with E-state index in [1.807, 2.05) is 0 Å². The Balaban J connectivity index is 2.19. The molecule has 0 spiro atoms. The lowest BCUT2D eigenvalue weighted by Gasteiger charge is -2.27. The fourth-order valence-corrected chi connectivity index (χ4v) is 2.16. The first-order chi connectivity index (χ1) is 9.02. The van der Waals surface area contributed by atoms with Crippen molar-refractivity contribution in [1.29, 1.82) is 0 Å². The molecule has 1 amide bonds. The van der Waals surface area contributed by atoms with Gasteiger partial charge in [-0.25, -0.2) is 4.79 Å². The molecule has 102 valence electrons. The van der Waals surface area contributed by atoms with Gasteiger partial charge < -0.3 is 14.4 Å². The molecule has 0 saturated carbocycles. The van der Waals surface area contributed by atoms with E-state index in [2.05, 4.69) is 6.58 Å². The minimum Gasteiger partial charge on any atom is -0.478 e. The molecule has 1 aliphatic heterocycles. The Bertz CT molecular complexity index is 520. The fraction of sp³-hybridized carbons (Fsp3) is 0.429. The number of hydrogen-bond donors (Lipinski definition) is 1. The number of aromatic carboxylic acids is 1. The number of rotatable bonds is 3. The summed E-state index contributed by atoms with van der Waals surface area (Å²) in [6.07, 6.45) is 2.03. The third-order valence-corrected chi connectivity index (χ3v) is 3.33. The first kappa shape index (κ1) is 13.4. The van der Waals surface area contributed by atoms with Crippen LogP contribution in [-0.2, 0) is 6.42 Å². The van der Waals surface area contributed by atoms with Crippen LogP contribution in [0.4, 0.5) is 0 Å². The average molecular weight is 263 g/mol. The zero-order chi connectivity index (χ0) is 14.0. The van der Waals surface area contributed by atoms with Crippen molar-refractivity contribution in [2.45, 2.75) is 26.2 Å². The number of hydrogen-bond acceptors (Lipinski definition) is 3. The van der Waals surface area contributed by atoms with Crippen LogP contribution in [0.1, 0.15) is 46.4 Å². The van der Waals surface area contributed by atoms with E-state index in [0.717, 1.165) is 18.4 Å². The van der Waals surface area contributed by atoms with E-state index < -0.39 is 5.97 Å². The van der Waals surface area contributed by atoms with Gasteiger partial charge in [-0.1, -0.05) is 19.1 Å². The highest BCUT2D eigenvalue weighted by molar-refractivity contribution is 5.96. The molecule has 0 atom stereocenters. The lowest BCUT2D eigenvalue weighted by Crippen LogP contribution is -2.36. The normalized spacial score (nSPS) is 15.6. The minimum atomic E-state index is -1.06. The topological polar surface area (TPSA) is 70.8 Å². The second-order valence-electron chi connectivity index (χ2n) is 4.65. The van der Waals surface area contributed by atoms with Crippen molar-refractivity contribution in [2.24, 2.45) is 0 Å². The van der Waals surface area contributed by atoms with Gasteiger partial charge in [0, 0.05) is 25.6 Å². The smallest absolute Gasteiger partial charge is 0.339 e. The van der Waals surface area contributed by atoms with E-state index in [1.54, 1.807) is 11.8 Å². The molecule has 5 heteroatoms. The van der Waals surface area contributed by atoms with E-state index in [9.17, 15) is 9.59 Å². The standard InChI is InChI=1S/C14H17NO4/c1-3-11-10(14(17)18)8-12(19-11)13(16)15-6-4-9(2)5-7-15/h8H,2-7H2,1H3,(H,17,18). The van der Waals surface area contributed by atoms with Crippen LogP contribution >= 0.6 is 0 Å². The molecular weight excluding hydrogens is 246 g/mol. The minimum absolute atomic E-state index is 0.0762. The average Bonchev–Trinajstić information content (AvgIpc) is 2.83. The van der Waals surface area contributed by atoms with Crippen molar-refractivity contribution in [3.63, 3.8) is 0 Å². The lowest BCUT2D eigenvalue weighted by molar-refractivity contribution is 0.0689. The molecule has 0 unspecified atom stereocenters. The molecule has 1 aliphatic rings. The number of amides is 1. The van der Waals surface area contributed by atoms with Gasteiger partial charge in [-0.2, -0.15) is 0 Å². The van der Waals surface area contributed by atoms with E-state index >= 15 is 0 Å². The number of carbonyl (C=O) groups excluding carboxylic acids is 1. The molecule has 0 bridgehead atoms. The fourth-order valence-electron chi connectivity index (χ4n) is 2.16. The number of furan rings is 1. The van der Waals surface area contributed by atoms with Crippen molar-refractivity contribution in [3.8, 4) is 0 Å². The van der Waals surface area contributed by atoms with E-state index in [0.29, 0.717) is 25.3 Å². The van der Waals surface area contributed by atoms with Gasteiger partial charge >= 0.3 is 5.97 Å². The van der Waals surface area contributed by atoms with Crippen molar-refractivity contribution < 1.29 is 19.1 Å². The highest BCUT2D eigenvalue weighted by atomic mass is 16.4. The van der Waals surface area contributed by atoms with Gasteiger partial charge in [0.05, 0.1) is 0 Å². The zero-order valence-electron chi connectivity index (χ0n) is 10.9. The van der Waals surface area contributed by atoms with Crippen LogP contribution in [-0.4, -0.2) is 35.0 Å². The third kappa shape index (κ3) is 2.70.